The molecule has 1 unspecified atom stereocenters. The number of nitrogens with zero attached hydrogens (tertiary/aromatic N) is 2. The Morgan fingerprint density at radius 1 is 1.50 bits per heavy atom. The van der Waals surface area contributed by atoms with Gasteiger partial charge in [0.15, 0.2) is 0 Å². The minimum absolute atomic E-state index is 0.172. The van der Waals surface area contributed by atoms with E-state index in [2.05, 4.69) is 24.1 Å². The largest absolute Gasteiger partial charge is 0.330 e. The fraction of sp³-hybridized carbons (Fsp3) is 0.417. The molecule has 4 heteroatoms. The number of fused-ring (bicyclic) bond motifs is 1. The fourth-order valence-corrected chi connectivity index (χ4v) is 1.97. The number of imidazole rings is 1. The number of hydrogen-bond donors (Lipinski definition) is 1. The van der Waals surface area contributed by atoms with Crippen molar-refractivity contribution in [2.45, 2.75) is 19.9 Å². The number of nitrogens with one attached hydrogen (secondary N) is 1. The first-order chi connectivity index (χ1) is 7.63. The number of benzene rings is 1. The Hall–Kier alpha value is -1.42. The van der Waals surface area contributed by atoms with Gasteiger partial charge in [-0.15, -0.1) is 0 Å². The topological polar surface area (TPSA) is 29.9 Å². The van der Waals surface area contributed by atoms with E-state index in [9.17, 15) is 4.39 Å². The maximum atomic E-state index is 13.1. The van der Waals surface area contributed by atoms with Crippen LogP contribution in [0.15, 0.2) is 18.2 Å². The second-order valence-corrected chi connectivity index (χ2v) is 3.94. The van der Waals surface area contributed by atoms with E-state index < -0.39 is 0 Å². The molecule has 1 aromatic heterocycles. The van der Waals surface area contributed by atoms with E-state index in [1.807, 2.05) is 11.6 Å². The highest BCUT2D eigenvalue weighted by atomic mass is 19.1. The van der Waals surface area contributed by atoms with Crippen LogP contribution < -0.4 is 5.32 Å². The van der Waals surface area contributed by atoms with Crippen LogP contribution >= 0.6 is 0 Å². The molecular weight excluding hydrogens is 205 g/mol. The number of aryl methyl sites for hydroxylation is 1. The molecule has 0 aliphatic carbocycles. The maximum absolute atomic E-state index is 13.1. The molecule has 0 bridgehead atoms. The molecule has 1 atom stereocenters. The summed E-state index contributed by atoms with van der Waals surface area (Å²) in [4.78, 5) is 4.51. The molecule has 0 amide bonds. The van der Waals surface area contributed by atoms with E-state index in [4.69, 9.17) is 0 Å². The van der Waals surface area contributed by atoms with E-state index in [0.717, 1.165) is 23.4 Å². The summed E-state index contributed by atoms with van der Waals surface area (Å²) < 4.78 is 15.1. The third-order valence-electron chi connectivity index (χ3n) is 2.78. The molecule has 0 spiro atoms. The SMILES string of the molecule is CCNC(C)c1nc2ccc(F)cc2n1C. The van der Waals surface area contributed by atoms with Crippen molar-refractivity contribution in [1.82, 2.24) is 14.9 Å². The molecule has 1 aromatic carbocycles. The van der Waals surface area contributed by atoms with Gasteiger partial charge in [0.05, 0.1) is 17.1 Å². The van der Waals surface area contributed by atoms with E-state index in [-0.39, 0.29) is 11.9 Å². The maximum Gasteiger partial charge on any atom is 0.126 e. The van der Waals surface area contributed by atoms with Crippen molar-refractivity contribution in [2.24, 2.45) is 7.05 Å². The van der Waals surface area contributed by atoms with Crippen molar-refractivity contribution in [3.63, 3.8) is 0 Å². The lowest BCUT2D eigenvalue weighted by Gasteiger charge is -2.11. The average molecular weight is 221 g/mol. The summed E-state index contributed by atoms with van der Waals surface area (Å²) >= 11 is 0. The molecule has 0 saturated carbocycles. The van der Waals surface area contributed by atoms with Crippen LogP contribution in [0.2, 0.25) is 0 Å². The van der Waals surface area contributed by atoms with Crippen molar-refractivity contribution in [3.05, 3.63) is 29.8 Å². The Labute approximate surface area is 94.3 Å². The fourth-order valence-electron chi connectivity index (χ4n) is 1.97. The Bertz CT molecular complexity index is 504. The standard InChI is InChI=1S/C12H16FN3/c1-4-14-8(2)12-15-10-6-5-9(13)7-11(10)16(12)3/h5-8,14H,4H2,1-3H3. The second kappa shape index (κ2) is 4.22. The van der Waals surface area contributed by atoms with Crippen molar-refractivity contribution in [3.8, 4) is 0 Å². The lowest BCUT2D eigenvalue weighted by atomic mass is 10.3. The number of halogens is 1. The van der Waals surface area contributed by atoms with Gasteiger partial charge in [-0.1, -0.05) is 6.92 Å². The predicted molar refractivity (Wildman–Crippen MR) is 62.8 cm³/mol. The first-order valence-electron chi connectivity index (χ1n) is 5.48. The van der Waals surface area contributed by atoms with Crippen LogP contribution in [0.25, 0.3) is 11.0 Å². The molecule has 0 fully saturated rings. The molecule has 86 valence electrons. The van der Waals surface area contributed by atoms with Crippen molar-refractivity contribution >= 4 is 11.0 Å². The Kier molecular flexibility index (Phi) is 2.92. The molecular formula is C12H16FN3. The smallest absolute Gasteiger partial charge is 0.126 e. The molecule has 16 heavy (non-hydrogen) atoms. The third kappa shape index (κ3) is 1.80. The first-order valence-corrected chi connectivity index (χ1v) is 5.48. The zero-order chi connectivity index (χ0) is 11.7. The monoisotopic (exact) mass is 221 g/mol. The van der Waals surface area contributed by atoms with Gasteiger partial charge >= 0.3 is 0 Å². The van der Waals surface area contributed by atoms with E-state index in [1.165, 1.54) is 12.1 Å². The van der Waals surface area contributed by atoms with Crippen LogP contribution in [0, 0.1) is 5.82 Å². The summed E-state index contributed by atoms with van der Waals surface area (Å²) in [5, 5.41) is 3.30. The Morgan fingerprint density at radius 2 is 2.25 bits per heavy atom. The van der Waals surface area contributed by atoms with Crippen molar-refractivity contribution < 1.29 is 4.39 Å². The Balaban J connectivity index is 2.51. The summed E-state index contributed by atoms with van der Waals surface area (Å²) in [7, 11) is 1.91. The van der Waals surface area contributed by atoms with Crippen LogP contribution in [0.5, 0.6) is 0 Å². The predicted octanol–water partition coefficient (Wildman–Crippen LogP) is 2.38. The minimum Gasteiger partial charge on any atom is -0.330 e. The first kappa shape index (κ1) is 11.1. The molecule has 1 heterocycles. The molecule has 2 rings (SSSR count). The number of aromatic nitrogens is 2. The van der Waals surface area contributed by atoms with Crippen molar-refractivity contribution in [1.29, 1.82) is 0 Å². The highest BCUT2D eigenvalue weighted by molar-refractivity contribution is 5.76. The molecule has 0 aliphatic rings. The van der Waals surface area contributed by atoms with Crippen LogP contribution in [0.4, 0.5) is 4.39 Å². The Morgan fingerprint density at radius 3 is 2.94 bits per heavy atom. The lowest BCUT2D eigenvalue weighted by Crippen LogP contribution is -2.20. The molecule has 0 aliphatic heterocycles. The summed E-state index contributed by atoms with van der Waals surface area (Å²) in [6, 6.07) is 4.85. The van der Waals surface area contributed by atoms with Gasteiger partial charge in [0, 0.05) is 7.05 Å². The summed E-state index contributed by atoms with van der Waals surface area (Å²) in [6.45, 7) is 5.00. The summed E-state index contributed by atoms with van der Waals surface area (Å²) in [5.41, 5.74) is 1.67. The molecule has 0 radical (unpaired) electrons. The molecule has 0 saturated heterocycles. The van der Waals surface area contributed by atoms with Gasteiger partial charge in [-0.25, -0.2) is 9.37 Å². The quantitative estimate of drug-likeness (QED) is 0.862. The van der Waals surface area contributed by atoms with Gasteiger partial charge in [0.1, 0.15) is 11.6 Å². The van der Waals surface area contributed by atoms with Crippen LogP contribution in [-0.2, 0) is 7.05 Å². The van der Waals surface area contributed by atoms with Gasteiger partial charge in [0.2, 0.25) is 0 Å². The molecule has 3 nitrogen and oxygen atoms in total. The second-order valence-electron chi connectivity index (χ2n) is 3.94. The van der Waals surface area contributed by atoms with E-state index in [0.29, 0.717) is 0 Å². The van der Waals surface area contributed by atoms with E-state index in [1.54, 1.807) is 6.07 Å². The van der Waals surface area contributed by atoms with Crippen LogP contribution in [0.3, 0.4) is 0 Å². The summed E-state index contributed by atoms with van der Waals surface area (Å²) in [5.74, 6) is 0.709. The highest BCUT2D eigenvalue weighted by Gasteiger charge is 2.13. The van der Waals surface area contributed by atoms with Crippen LogP contribution in [-0.4, -0.2) is 16.1 Å². The van der Waals surface area contributed by atoms with Gasteiger partial charge in [-0.3, -0.25) is 0 Å². The summed E-state index contributed by atoms with van der Waals surface area (Å²) in [6.07, 6.45) is 0. The van der Waals surface area contributed by atoms with Crippen LogP contribution in [0.1, 0.15) is 25.7 Å². The molecule has 1 N–H and O–H groups in total. The third-order valence-corrected chi connectivity index (χ3v) is 2.78. The highest BCUT2D eigenvalue weighted by Crippen LogP contribution is 2.20. The van der Waals surface area contributed by atoms with Gasteiger partial charge in [0.25, 0.3) is 0 Å². The zero-order valence-electron chi connectivity index (χ0n) is 9.79. The molecule has 2 aromatic rings. The van der Waals surface area contributed by atoms with E-state index >= 15 is 0 Å². The van der Waals surface area contributed by atoms with Gasteiger partial charge in [-0.05, 0) is 31.7 Å². The minimum atomic E-state index is -0.224. The number of hydrogen-bond acceptors (Lipinski definition) is 2. The normalized spacial score (nSPS) is 13.2. The zero-order valence-corrected chi connectivity index (χ0v) is 9.79. The average Bonchev–Trinajstić information content (AvgIpc) is 2.57. The lowest BCUT2D eigenvalue weighted by molar-refractivity contribution is 0.551. The van der Waals surface area contributed by atoms with Crippen molar-refractivity contribution in [2.75, 3.05) is 6.54 Å². The van der Waals surface area contributed by atoms with Gasteiger partial charge in [-0.2, -0.15) is 0 Å². The number of rotatable bonds is 3. The van der Waals surface area contributed by atoms with Gasteiger partial charge < -0.3 is 9.88 Å².